The second-order valence-electron chi connectivity index (χ2n) is 7.26. The molecule has 1 N–H and O–H groups in total. The van der Waals surface area contributed by atoms with Gasteiger partial charge in [0, 0.05) is 17.6 Å². The minimum atomic E-state index is -0.552. The van der Waals surface area contributed by atoms with Gasteiger partial charge in [-0.2, -0.15) is 0 Å². The summed E-state index contributed by atoms with van der Waals surface area (Å²) in [5, 5.41) is 3.56. The van der Waals surface area contributed by atoms with E-state index in [2.05, 4.69) is 5.32 Å². The lowest BCUT2D eigenvalue weighted by atomic mass is 10.1. The molecule has 0 fully saturated rings. The summed E-state index contributed by atoms with van der Waals surface area (Å²) >= 11 is 5.95. The van der Waals surface area contributed by atoms with E-state index in [1.807, 2.05) is 57.2 Å². The maximum absolute atomic E-state index is 13.2. The highest BCUT2D eigenvalue weighted by molar-refractivity contribution is 6.30. The van der Waals surface area contributed by atoms with Crippen molar-refractivity contribution < 1.29 is 14.3 Å². The van der Waals surface area contributed by atoms with Crippen LogP contribution in [0.25, 0.3) is 0 Å². The Morgan fingerprint density at radius 3 is 2.38 bits per heavy atom. The third-order valence-corrected chi connectivity index (χ3v) is 4.82. The van der Waals surface area contributed by atoms with E-state index in [0.29, 0.717) is 23.7 Å². The van der Waals surface area contributed by atoms with Gasteiger partial charge < -0.3 is 15.0 Å². The Balaban J connectivity index is 2.30. The Morgan fingerprint density at radius 1 is 1.10 bits per heavy atom. The second-order valence-corrected chi connectivity index (χ2v) is 7.70. The van der Waals surface area contributed by atoms with Gasteiger partial charge in [0.2, 0.25) is 11.8 Å². The van der Waals surface area contributed by atoms with Gasteiger partial charge in [-0.05, 0) is 55.7 Å². The average Bonchev–Trinajstić information content (AvgIpc) is 2.69. The molecule has 0 bridgehead atoms. The van der Waals surface area contributed by atoms with Crippen LogP contribution in [0.4, 0.5) is 0 Å². The maximum atomic E-state index is 13.2. The Labute approximate surface area is 178 Å². The fraction of sp³-hybridized carbons (Fsp3) is 0.391. The summed E-state index contributed by atoms with van der Waals surface area (Å²) in [7, 11) is 1.60. The Morgan fingerprint density at radius 2 is 1.79 bits per heavy atom. The summed E-state index contributed by atoms with van der Waals surface area (Å²) in [5.74, 6) is 0.461. The van der Waals surface area contributed by atoms with Crippen molar-refractivity contribution in [2.24, 2.45) is 0 Å². The number of rotatable bonds is 9. The normalized spacial score (nSPS) is 11.8. The van der Waals surface area contributed by atoms with Crippen LogP contribution in [0.1, 0.15) is 38.3 Å². The molecule has 156 valence electrons. The van der Waals surface area contributed by atoms with Crippen LogP contribution in [0.2, 0.25) is 5.02 Å². The molecule has 2 rings (SSSR count). The third kappa shape index (κ3) is 6.79. The first kappa shape index (κ1) is 22.8. The molecular formula is C23H29ClN2O3. The number of nitrogens with one attached hydrogen (secondary N) is 1. The van der Waals surface area contributed by atoms with Crippen LogP contribution in [0.15, 0.2) is 48.5 Å². The van der Waals surface area contributed by atoms with Crippen LogP contribution >= 0.6 is 11.6 Å². The third-order valence-electron chi connectivity index (χ3n) is 4.57. The minimum Gasteiger partial charge on any atom is -0.497 e. The Hall–Kier alpha value is -2.53. The molecule has 2 aromatic rings. The van der Waals surface area contributed by atoms with Crippen LogP contribution in [0, 0.1) is 0 Å². The lowest BCUT2D eigenvalue weighted by Gasteiger charge is -2.31. The van der Waals surface area contributed by atoms with E-state index in [1.54, 1.807) is 24.1 Å². The van der Waals surface area contributed by atoms with Gasteiger partial charge in [0.1, 0.15) is 11.8 Å². The molecule has 5 nitrogen and oxygen atoms in total. The van der Waals surface area contributed by atoms with E-state index < -0.39 is 6.04 Å². The first-order valence-corrected chi connectivity index (χ1v) is 10.2. The van der Waals surface area contributed by atoms with Gasteiger partial charge in [0.15, 0.2) is 0 Å². The molecule has 1 unspecified atom stereocenters. The summed E-state index contributed by atoms with van der Waals surface area (Å²) in [6, 6.07) is 14.2. The lowest BCUT2D eigenvalue weighted by Crippen LogP contribution is -2.50. The van der Waals surface area contributed by atoms with Crippen molar-refractivity contribution in [2.75, 3.05) is 7.11 Å². The molecule has 6 heteroatoms. The molecule has 0 saturated carbocycles. The highest BCUT2D eigenvalue weighted by Crippen LogP contribution is 2.19. The van der Waals surface area contributed by atoms with Gasteiger partial charge in [0.05, 0.1) is 13.5 Å². The lowest BCUT2D eigenvalue weighted by molar-refractivity contribution is -0.141. The van der Waals surface area contributed by atoms with Crippen molar-refractivity contribution in [3.8, 4) is 5.75 Å². The largest absolute Gasteiger partial charge is 0.497 e. The van der Waals surface area contributed by atoms with Crippen molar-refractivity contribution in [3.05, 3.63) is 64.7 Å². The number of methoxy groups -OCH3 is 1. The standard InChI is InChI=1S/C23H29ClN2O3/c1-5-21(23(28)25-16(2)3)26(15-18-7-6-8-20(13-18)29-4)22(27)14-17-9-11-19(24)12-10-17/h6-13,16,21H,5,14-15H2,1-4H3,(H,25,28). The second kappa shape index (κ2) is 10.9. The van der Waals surface area contributed by atoms with Crippen molar-refractivity contribution in [3.63, 3.8) is 0 Å². The summed E-state index contributed by atoms with van der Waals surface area (Å²) in [6.07, 6.45) is 0.724. The van der Waals surface area contributed by atoms with E-state index in [-0.39, 0.29) is 24.3 Å². The smallest absolute Gasteiger partial charge is 0.243 e. The number of carbonyl (C=O) groups excluding carboxylic acids is 2. The molecule has 0 saturated heterocycles. The molecule has 0 aliphatic carbocycles. The molecule has 0 radical (unpaired) electrons. The van der Waals surface area contributed by atoms with Gasteiger partial charge in [-0.3, -0.25) is 9.59 Å². The molecule has 0 aliphatic heterocycles. The van der Waals surface area contributed by atoms with Crippen LogP contribution in [-0.4, -0.2) is 35.9 Å². The number of hydrogen-bond acceptors (Lipinski definition) is 3. The highest BCUT2D eigenvalue weighted by Gasteiger charge is 2.29. The molecular weight excluding hydrogens is 388 g/mol. The maximum Gasteiger partial charge on any atom is 0.243 e. The number of halogens is 1. The molecule has 2 amide bonds. The minimum absolute atomic E-state index is 0.00147. The fourth-order valence-corrected chi connectivity index (χ4v) is 3.27. The summed E-state index contributed by atoms with van der Waals surface area (Å²) in [5.41, 5.74) is 1.76. The van der Waals surface area contributed by atoms with E-state index in [4.69, 9.17) is 16.3 Å². The molecule has 0 aromatic heterocycles. The fourth-order valence-electron chi connectivity index (χ4n) is 3.15. The van der Waals surface area contributed by atoms with Crippen LogP contribution in [-0.2, 0) is 22.6 Å². The van der Waals surface area contributed by atoms with E-state index in [1.165, 1.54) is 0 Å². The Bertz CT molecular complexity index is 821. The Kier molecular flexibility index (Phi) is 8.52. The van der Waals surface area contributed by atoms with Gasteiger partial charge in [0.25, 0.3) is 0 Å². The summed E-state index contributed by atoms with van der Waals surface area (Å²) < 4.78 is 5.30. The predicted octanol–water partition coefficient (Wildman–Crippen LogP) is 4.22. The zero-order valence-electron chi connectivity index (χ0n) is 17.4. The van der Waals surface area contributed by atoms with Crippen molar-refractivity contribution >= 4 is 23.4 Å². The topological polar surface area (TPSA) is 58.6 Å². The quantitative estimate of drug-likeness (QED) is 0.665. The zero-order valence-corrected chi connectivity index (χ0v) is 18.2. The number of nitrogens with zero attached hydrogens (tertiary/aromatic N) is 1. The van der Waals surface area contributed by atoms with Gasteiger partial charge in [-0.25, -0.2) is 0 Å². The molecule has 0 heterocycles. The molecule has 0 spiro atoms. The SMILES string of the molecule is CCC(C(=O)NC(C)C)N(Cc1cccc(OC)c1)C(=O)Cc1ccc(Cl)cc1. The number of benzene rings is 2. The van der Waals surface area contributed by atoms with Crippen molar-refractivity contribution in [2.45, 2.75) is 52.2 Å². The van der Waals surface area contributed by atoms with Crippen LogP contribution < -0.4 is 10.1 Å². The molecule has 2 aromatic carbocycles. The molecule has 0 aliphatic rings. The number of ether oxygens (including phenoxy) is 1. The van der Waals surface area contributed by atoms with Crippen LogP contribution in [0.5, 0.6) is 5.75 Å². The number of amides is 2. The molecule has 1 atom stereocenters. The highest BCUT2D eigenvalue weighted by atomic mass is 35.5. The zero-order chi connectivity index (χ0) is 21.4. The van der Waals surface area contributed by atoms with Gasteiger partial charge in [-0.1, -0.05) is 42.8 Å². The number of carbonyl (C=O) groups is 2. The summed E-state index contributed by atoms with van der Waals surface area (Å²) in [4.78, 5) is 27.7. The first-order chi connectivity index (χ1) is 13.8. The summed E-state index contributed by atoms with van der Waals surface area (Å²) in [6.45, 7) is 6.06. The van der Waals surface area contributed by atoms with E-state index in [9.17, 15) is 9.59 Å². The van der Waals surface area contributed by atoms with E-state index in [0.717, 1.165) is 11.1 Å². The van der Waals surface area contributed by atoms with Gasteiger partial charge in [-0.15, -0.1) is 0 Å². The molecule has 29 heavy (non-hydrogen) atoms. The average molecular weight is 417 g/mol. The van der Waals surface area contributed by atoms with Crippen LogP contribution in [0.3, 0.4) is 0 Å². The number of hydrogen-bond donors (Lipinski definition) is 1. The van der Waals surface area contributed by atoms with Crippen molar-refractivity contribution in [1.82, 2.24) is 10.2 Å². The van der Waals surface area contributed by atoms with Crippen molar-refractivity contribution in [1.29, 1.82) is 0 Å². The predicted molar refractivity (Wildman–Crippen MR) is 116 cm³/mol. The first-order valence-electron chi connectivity index (χ1n) is 9.81. The monoisotopic (exact) mass is 416 g/mol. The van der Waals surface area contributed by atoms with E-state index >= 15 is 0 Å². The van der Waals surface area contributed by atoms with Gasteiger partial charge >= 0.3 is 0 Å².